The Labute approximate surface area is 197 Å². The predicted molar refractivity (Wildman–Crippen MR) is 128 cm³/mol. The number of H-pyrrole nitrogens is 1. The topological polar surface area (TPSA) is 91.4 Å². The minimum Gasteiger partial charge on any atom is -0.480 e. The number of likely N-dealkylation sites (tertiary alicyclic amines) is 1. The maximum absolute atomic E-state index is 13.2. The minimum atomic E-state index is -0.332. The molecule has 2 amide bonds. The molecule has 0 saturated carbocycles. The number of halogens is 1. The van der Waals surface area contributed by atoms with E-state index in [1.165, 1.54) is 4.90 Å². The van der Waals surface area contributed by atoms with Gasteiger partial charge in [0.15, 0.2) is 0 Å². The van der Waals surface area contributed by atoms with Gasteiger partial charge >= 0.3 is 0 Å². The number of aromatic nitrogens is 3. The number of fused-ring (bicyclic) bond motifs is 2. The molecule has 174 valence electrons. The van der Waals surface area contributed by atoms with Gasteiger partial charge in [0.25, 0.3) is 11.8 Å². The summed E-state index contributed by atoms with van der Waals surface area (Å²) < 4.78 is 5.39. The van der Waals surface area contributed by atoms with Gasteiger partial charge in [-0.2, -0.15) is 0 Å². The van der Waals surface area contributed by atoms with Crippen molar-refractivity contribution < 1.29 is 14.3 Å². The Bertz CT molecular complexity index is 1230. The molecular weight excluding hydrogens is 442 g/mol. The molecule has 0 radical (unpaired) electrons. The van der Waals surface area contributed by atoms with Crippen molar-refractivity contribution in [3.8, 4) is 17.3 Å². The number of ether oxygens (including phenoxy) is 1. The second-order valence-electron chi connectivity index (χ2n) is 8.12. The first kappa shape index (κ1) is 23.2. The van der Waals surface area contributed by atoms with E-state index in [1.807, 2.05) is 33.9 Å². The number of amides is 2. The maximum atomic E-state index is 13.2. The number of hydrogen-bond donors (Lipinski definition) is 1. The van der Waals surface area contributed by atoms with Crippen LogP contribution in [0.3, 0.4) is 0 Å². The monoisotopic (exact) mass is 469 g/mol. The molecule has 8 nitrogen and oxygen atoms in total. The summed E-state index contributed by atoms with van der Waals surface area (Å²) in [6.07, 6.45) is 3.19. The number of rotatable bonds is 3. The van der Waals surface area contributed by atoms with E-state index >= 15 is 0 Å². The van der Waals surface area contributed by atoms with Crippen LogP contribution in [0.2, 0.25) is 5.02 Å². The predicted octanol–water partition coefficient (Wildman–Crippen LogP) is 4.31. The van der Waals surface area contributed by atoms with E-state index in [9.17, 15) is 9.59 Å². The van der Waals surface area contributed by atoms with Crippen molar-refractivity contribution in [3.63, 3.8) is 0 Å². The molecule has 1 N–H and O–H groups in total. The molecule has 1 saturated heterocycles. The number of benzene rings is 1. The SMILES string of the molecule is CC.COc1nccc(C)c1-c1nc2c(Cl)c3c(cc2[nH]1)C(=O)N(C1CCN(C)CC1)C3=O. The van der Waals surface area contributed by atoms with Crippen LogP contribution in [0.25, 0.3) is 22.4 Å². The fraction of sp³-hybridized carbons (Fsp3) is 0.417. The average Bonchev–Trinajstić information content (AvgIpc) is 3.35. The smallest absolute Gasteiger partial charge is 0.263 e. The third-order valence-corrected chi connectivity index (χ3v) is 6.57. The number of carbonyl (C=O) groups excluding carboxylic acids is 2. The van der Waals surface area contributed by atoms with E-state index in [2.05, 4.69) is 19.9 Å². The second-order valence-corrected chi connectivity index (χ2v) is 8.50. The summed E-state index contributed by atoms with van der Waals surface area (Å²) in [4.78, 5) is 42.1. The highest BCUT2D eigenvalue weighted by Crippen LogP contribution is 2.39. The number of piperidine rings is 1. The summed E-state index contributed by atoms with van der Waals surface area (Å²) in [5, 5.41) is 0.198. The quantitative estimate of drug-likeness (QED) is 0.574. The zero-order chi connectivity index (χ0) is 23.9. The summed E-state index contributed by atoms with van der Waals surface area (Å²) in [5.41, 5.74) is 3.25. The molecule has 0 aliphatic carbocycles. The number of imidazole rings is 1. The number of methoxy groups -OCH3 is 1. The van der Waals surface area contributed by atoms with Gasteiger partial charge < -0.3 is 14.6 Å². The number of nitrogens with one attached hydrogen (secondary N) is 1. The minimum absolute atomic E-state index is 0.108. The van der Waals surface area contributed by atoms with Crippen LogP contribution in [0.1, 0.15) is 53.0 Å². The van der Waals surface area contributed by atoms with Gasteiger partial charge in [0, 0.05) is 12.2 Å². The van der Waals surface area contributed by atoms with E-state index in [0.717, 1.165) is 31.5 Å². The first-order chi connectivity index (χ1) is 15.9. The van der Waals surface area contributed by atoms with Crippen molar-refractivity contribution in [2.24, 2.45) is 0 Å². The van der Waals surface area contributed by atoms with Gasteiger partial charge in [-0.15, -0.1) is 0 Å². The van der Waals surface area contributed by atoms with Gasteiger partial charge in [-0.05, 0) is 57.6 Å². The van der Waals surface area contributed by atoms with Crippen LogP contribution >= 0.6 is 11.6 Å². The molecule has 3 aromatic rings. The number of hydrogen-bond acceptors (Lipinski definition) is 6. The summed E-state index contributed by atoms with van der Waals surface area (Å²) >= 11 is 6.65. The highest BCUT2D eigenvalue weighted by molar-refractivity contribution is 6.41. The van der Waals surface area contributed by atoms with Crippen molar-refractivity contribution >= 4 is 34.4 Å². The molecular formula is C24H28ClN5O3. The van der Waals surface area contributed by atoms with Gasteiger partial charge in [-0.1, -0.05) is 25.4 Å². The van der Waals surface area contributed by atoms with Crippen LogP contribution in [-0.2, 0) is 0 Å². The lowest BCUT2D eigenvalue weighted by molar-refractivity contribution is 0.0516. The number of carbonyl (C=O) groups is 2. The third-order valence-electron chi connectivity index (χ3n) is 6.21. The van der Waals surface area contributed by atoms with Gasteiger partial charge in [-0.25, -0.2) is 9.97 Å². The van der Waals surface area contributed by atoms with Crippen LogP contribution in [0.15, 0.2) is 18.3 Å². The van der Waals surface area contributed by atoms with E-state index < -0.39 is 0 Å². The van der Waals surface area contributed by atoms with Crippen molar-refractivity contribution in [2.45, 2.75) is 39.7 Å². The van der Waals surface area contributed by atoms with Crippen LogP contribution < -0.4 is 4.74 Å². The number of pyridine rings is 1. The zero-order valence-electron chi connectivity index (χ0n) is 19.5. The Morgan fingerprint density at radius 2 is 1.85 bits per heavy atom. The maximum Gasteiger partial charge on any atom is 0.263 e. The molecule has 4 heterocycles. The molecule has 1 fully saturated rings. The molecule has 2 aliphatic heterocycles. The molecule has 2 aromatic heterocycles. The third kappa shape index (κ3) is 3.77. The van der Waals surface area contributed by atoms with Crippen molar-refractivity contribution in [1.82, 2.24) is 24.8 Å². The Morgan fingerprint density at radius 3 is 2.52 bits per heavy atom. The fourth-order valence-electron chi connectivity index (χ4n) is 4.51. The van der Waals surface area contributed by atoms with Crippen molar-refractivity contribution in [1.29, 1.82) is 0 Å². The molecule has 9 heteroatoms. The highest BCUT2D eigenvalue weighted by Gasteiger charge is 2.43. The van der Waals surface area contributed by atoms with Crippen molar-refractivity contribution in [2.75, 3.05) is 27.2 Å². The number of nitrogens with zero attached hydrogens (tertiary/aromatic N) is 4. The molecule has 0 bridgehead atoms. The van der Waals surface area contributed by atoms with E-state index in [0.29, 0.717) is 33.9 Å². The first-order valence-electron chi connectivity index (χ1n) is 11.2. The average molecular weight is 470 g/mol. The summed E-state index contributed by atoms with van der Waals surface area (Å²) in [6, 6.07) is 3.43. The van der Waals surface area contributed by atoms with Crippen LogP contribution in [-0.4, -0.2) is 69.9 Å². The normalized spacial score (nSPS) is 16.7. The first-order valence-corrected chi connectivity index (χ1v) is 11.6. The highest BCUT2D eigenvalue weighted by atomic mass is 35.5. The van der Waals surface area contributed by atoms with E-state index in [4.69, 9.17) is 16.3 Å². The lowest BCUT2D eigenvalue weighted by Crippen LogP contribution is -2.46. The van der Waals surface area contributed by atoms with Crippen LogP contribution in [0, 0.1) is 6.92 Å². The van der Waals surface area contributed by atoms with E-state index in [-0.39, 0.29) is 28.4 Å². The molecule has 0 atom stereocenters. The Balaban J connectivity index is 0.00000126. The Morgan fingerprint density at radius 1 is 1.15 bits per heavy atom. The molecule has 5 rings (SSSR count). The molecule has 2 aliphatic rings. The van der Waals surface area contributed by atoms with Gasteiger partial charge in [0.1, 0.15) is 11.3 Å². The molecule has 0 unspecified atom stereocenters. The number of aromatic amines is 1. The van der Waals surface area contributed by atoms with Crippen LogP contribution in [0.4, 0.5) is 0 Å². The van der Waals surface area contributed by atoms with Crippen LogP contribution in [0.5, 0.6) is 5.88 Å². The lowest BCUT2D eigenvalue weighted by atomic mass is 10.0. The van der Waals surface area contributed by atoms with Gasteiger partial charge in [0.2, 0.25) is 5.88 Å². The number of aryl methyl sites for hydroxylation is 1. The molecule has 0 spiro atoms. The molecule has 1 aromatic carbocycles. The standard InChI is InChI=1S/C22H22ClN5O3.C2H6/c1-11-4-7-24-20(31-3)15(11)19-25-14-10-13-16(17(23)18(14)26-19)22(30)28(21(13)29)12-5-8-27(2)9-6-12;1-2/h4,7,10,12H,5-6,8-9H2,1-3H3,(H,25,26);1-2H3. The van der Waals surface area contributed by atoms with Gasteiger partial charge in [0.05, 0.1) is 34.3 Å². The van der Waals surface area contributed by atoms with Gasteiger partial charge in [-0.3, -0.25) is 14.5 Å². The Kier molecular flexibility index (Phi) is 6.41. The summed E-state index contributed by atoms with van der Waals surface area (Å²) in [6.45, 7) is 7.63. The summed E-state index contributed by atoms with van der Waals surface area (Å²) in [7, 11) is 3.59. The molecule has 33 heavy (non-hydrogen) atoms. The lowest BCUT2D eigenvalue weighted by Gasteiger charge is -2.33. The number of imide groups is 1. The largest absolute Gasteiger partial charge is 0.480 e. The fourth-order valence-corrected chi connectivity index (χ4v) is 4.84. The Hall–Kier alpha value is -2.97. The van der Waals surface area contributed by atoms with Crippen molar-refractivity contribution in [3.05, 3.63) is 40.0 Å². The second kappa shape index (κ2) is 9.11. The summed E-state index contributed by atoms with van der Waals surface area (Å²) in [5.74, 6) is 0.337. The van der Waals surface area contributed by atoms with E-state index in [1.54, 1.807) is 19.4 Å². The zero-order valence-corrected chi connectivity index (χ0v) is 20.3.